The third-order valence-corrected chi connectivity index (χ3v) is 4.37. The summed E-state index contributed by atoms with van der Waals surface area (Å²) in [5.74, 6) is 1.72. The van der Waals surface area contributed by atoms with E-state index >= 15 is 0 Å². The molecule has 0 unspecified atom stereocenters. The van der Waals surface area contributed by atoms with Gasteiger partial charge in [0.05, 0.1) is 0 Å². The Balaban J connectivity index is 1.97. The van der Waals surface area contributed by atoms with Crippen LogP contribution in [-0.2, 0) is 0 Å². The van der Waals surface area contributed by atoms with Crippen LogP contribution >= 0.6 is 11.3 Å². The van der Waals surface area contributed by atoms with E-state index in [0.29, 0.717) is 13.2 Å². The van der Waals surface area contributed by atoms with E-state index in [1.807, 2.05) is 12.1 Å². The zero-order chi connectivity index (χ0) is 12.7. The lowest BCUT2D eigenvalue weighted by atomic mass is 10.1. The van der Waals surface area contributed by atoms with Crippen molar-refractivity contribution >= 4 is 22.1 Å². The predicted octanol–water partition coefficient (Wildman–Crippen LogP) is 4.34. The van der Waals surface area contributed by atoms with Crippen molar-refractivity contribution in [2.75, 3.05) is 13.2 Å². The molecule has 0 saturated carbocycles. The molecule has 0 bridgehead atoms. The Kier molecular flexibility index (Phi) is 2.45. The Morgan fingerprint density at radius 2 is 1.79 bits per heavy atom. The Bertz CT molecular complexity index is 745. The number of fused-ring (bicyclic) bond motifs is 2. The minimum Gasteiger partial charge on any atom is -0.486 e. The maximum atomic E-state index is 5.81. The van der Waals surface area contributed by atoms with Crippen molar-refractivity contribution in [3.63, 3.8) is 0 Å². The number of hydrogen-bond acceptors (Lipinski definition) is 3. The van der Waals surface area contributed by atoms with E-state index in [-0.39, 0.29) is 0 Å². The van der Waals surface area contributed by atoms with E-state index in [4.69, 9.17) is 9.47 Å². The largest absolute Gasteiger partial charge is 0.486 e. The summed E-state index contributed by atoms with van der Waals surface area (Å²) in [6.07, 6.45) is 0. The first-order chi connectivity index (χ1) is 9.43. The second-order valence-electron chi connectivity index (χ2n) is 4.48. The molecule has 0 aliphatic carbocycles. The molecule has 2 aromatic carbocycles. The molecule has 0 N–H and O–H groups in total. The normalized spacial score (nSPS) is 13.7. The highest BCUT2D eigenvalue weighted by Crippen LogP contribution is 2.44. The summed E-state index contributed by atoms with van der Waals surface area (Å²) in [5.41, 5.74) is 1.13. The van der Waals surface area contributed by atoms with Gasteiger partial charge in [0.1, 0.15) is 13.2 Å². The van der Waals surface area contributed by atoms with Crippen LogP contribution in [-0.4, -0.2) is 13.2 Å². The molecule has 0 spiro atoms. The van der Waals surface area contributed by atoms with Crippen molar-refractivity contribution in [1.29, 1.82) is 0 Å². The lowest BCUT2D eigenvalue weighted by Crippen LogP contribution is -2.15. The molecule has 0 atom stereocenters. The van der Waals surface area contributed by atoms with E-state index in [1.165, 1.54) is 15.6 Å². The Morgan fingerprint density at radius 3 is 2.79 bits per heavy atom. The standard InChI is InChI=1S/C16H12O2S/c1-2-5-12-11(4-1)10-19-16(12)13-6-3-7-14-15(13)18-9-8-17-14/h1-7,10H,8-9H2. The van der Waals surface area contributed by atoms with Crippen LogP contribution in [0.5, 0.6) is 11.5 Å². The van der Waals surface area contributed by atoms with Crippen molar-refractivity contribution in [2.24, 2.45) is 0 Å². The summed E-state index contributed by atoms with van der Waals surface area (Å²) < 4.78 is 11.5. The van der Waals surface area contributed by atoms with Crippen molar-refractivity contribution in [3.8, 4) is 21.9 Å². The third kappa shape index (κ3) is 1.70. The van der Waals surface area contributed by atoms with Gasteiger partial charge in [-0.3, -0.25) is 0 Å². The molecule has 3 heteroatoms. The number of hydrogen-bond donors (Lipinski definition) is 0. The summed E-state index contributed by atoms with van der Waals surface area (Å²) in [6.45, 7) is 1.25. The molecule has 0 amide bonds. The minimum absolute atomic E-state index is 0.618. The van der Waals surface area contributed by atoms with Crippen LogP contribution in [0.1, 0.15) is 0 Å². The zero-order valence-corrected chi connectivity index (χ0v) is 11.1. The van der Waals surface area contributed by atoms with Gasteiger partial charge in [0.15, 0.2) is 11.5 Å². The highest BCUT2D eigenvalue weighted by molar-refractivity contribution is 7.15. The lowest BCUT2D eigenvalue weighted by molar-refractivity contribution is 0.172. The van der Waals surface area contributed by atoms with Crippen LogP contribution in [0.15, 0.2) is 47.8 Å². The molecule has 0 saturated heterocycles. The van der Waals surface area contributed by atoms with Gasteiger partial charge in [-0.1, -0.05) is 30.3 Å². The first kappa shape index (κ1) is 10.9. The predicted molar refractivity (Wildman–Crippen MR) is 78.3 cm³/mol. The van der Waals surface area contributed by atoms with E-state index in [2.05, 4.69) is 35.7 Å². The molecule has 19 heavy (non-hydrogen) atoms. The Hall–Kier alpha value is -2.00. The maximum Gasteiger partial charge on any atom is 0.170 e. The van der Waals surface area contributed by atoms with Gasteiger partial charge >= 0.3 is 0 Å². The second-order valence-corrected chi connectivity index (χ2v) is 5.36. The van der Waals surface area contributed by atoms with Gasteiger partial charge in [0, 0.05) is 15.8 Å². The molecule has 1 aliphatic rings. The number of benzene rings is 2. The van der Waals surface area contributed by atoms with Gasteiger partial charge in [0.2, 0.25) is 0 Å². The van der Waals surface area contributed by atoms with E-state index in [1.54, 1.807) is 11.3 Å². The van der Waals surface area contributed by atoms with Crippen LogP contribution in [0, 0.1) is 0 Å². The summed E-state index contributed by atoms with van der Waals surface area (Å²) in [7, 11) is 0. The SMILES string of the molecule is c1cc2c(c(-c3scc4ccccc34)c1)OCCO2. The quantitative estimate of drug-likeness (QED) is 0.653. The van der Waals surface area contributed by atoms with Crippen molar-refractivity contribution in [3.05, 3.63) is 47.8 Å². The molecular weight excluding hydrogens is 256 g/mol. The average Bonchev–Trinajstić information content (AvgIpc) is 2.90. The summed E-state index contributed by atoms with van der Waals surface area (Å²) in [6, 6.07) is 14.5. The van der Waals surface area contributed by atoms with Crippen molar-refractivity contribution in [2.45, 2.75) is 0 Å². The van der Waals surface area contributed by atoms with Crippen LogP contribution in [0.25, 0.3) is 21.2 Å². The van der Waals surface area contributed by atoms with Gasteiger partial charge in [-0.25, -0.2) is 0 Å². The molecule has 2 heterocycles. The van der Waals surface area contributed by atoms with Crippen molar-refractivity contribution < 1.29 is 9.47 Å². The van der Waals surface area contributed by atoms with Crippen LogP contribution < -0.4 is 9.47 Å². The van der Waals surface area contributed by atoms with Crippen molar-refractivity contribution in [1.82, 2.24) is 0 Å². The number of thiophene rings is 1. The molecule has 0 fully saturated rings. The smallest absolute Gasteiger partial charge is 0.170 e. The fourth-order valence-electron chi connectivity index (χ4n) is 2.45. The summed E-state index contributed by atoms with van der Waals surface area (Å²) >= 11 is 1.75. The topological polar surface area (TPSA) is 18.5 Å². The average molecular weight is 268 g/mol. The number of para-hydroxylation sites is 1. The van der Waals surface area contributed by atoms with Gasteiger partial charge in [-0.05, 0) is 22.9 Å². The van der Waals surface area contributed by atoms with Gasteiger partial charge in [-0.15, -0.1) is 11.3 Å². The first-order valence-corrected chi connectivity index (χ1v) is 7.17. The van der Waals surface area contributed by atoms with Gasteiger partial charge in [-0.2, -0.15) is 0 Å². The second kappa shape index (κ2) is 4.28. The molecule has 1 aliphatic heterocycles. The third-order valence-electron chi connectivity index (χ3n) is 3.32. The minimum atomic E-state index is 0.618. The highest BCUT2D eigenvalue weighted by atomic mass is 32.1. The first-order valence-electron chi connectivity index (χ1n) is 6.29. The molecule has 3 aromatic rings. The van der Waals surface area contributed by atoms with Crippen LogP contribution in [0.3, 0.4) is 0 Å². The Morgan fingerprint density at radius 1 is 0.895 bits per heavy atom. The summed E-state index contributed by atoms with van der Waals surface area (Å²) in [5, 5.41) is 4.74. The monoisotopic (exact) mass is 268 g/mol. The molecule has 0 radical (unpaired) electrons. The number of rotatable bonds is 1. The van der Waals surface area contributed by atoms with Gasteiger partial charge < -0.3 is 9.47 Å². The molecular formula is C16H12O2S. The zero-order valence-electron chi connectivity index (χ0n) is 10.3. The molecule has 2 nitrogen and oxygen atoms in total. The highest BCUT2D eigenvalue weighted by Gasteiger charge is 2.18. The summed E-state index contributed by atoms with van der Waals surface area (Å²) in [4.78, 5) is 1.25. The van der Waals surface area contributed by atoms with E-state index in [0.717, 1.165) is 17.1 Å². The van der Waals surface area contributed by atoms with E-state index < -0.39 is 0 Å². The fourth-order valence-corrected chi connectivity index (χ4v) is 3.50. The van der Waals surface area contributed by atoms with Crippen LogP contribution in [0.4, 0.5) is 0 Å². The fraction of sp³-hybridized carbons (Fsp3) is 0.125. The number of ether oxygens (including phenoxy) is 2. The Labute approximate surface area is 115 Å². The lowest BCUT2D eigenvalue weighted by Gasteiger charge is -2.20. The molecule has 1 aromatic heterocycles. The molecule has 94 valence electrons. The van der Waals surface area contributed by atoms with E-state index in [9.17, 15) is 0 Å². The molecule has 4 rings (SSSR count). The van der Waals surface area contributed by atoms with Gasteiger partial charge in [0.25, 0.3) is 0 Å². The maximum absolute atomic E-state index is 5.81. The van der Waals surface area contributed by atoms with Crippen LogP contribution in [0.2, 0.25) is 0 Å².